The molecule has 7 rings (SSSR count). The van der Waals surface area contributed by atoms with Gasteiger partial charge in [0.2, 0.25) is 5.95 Å². The first-order valence-corrected chi connectivity index (χ1v) is 14.3. The van der Waals surface area contributed by atoms with E-state index in [2.05, 4.69) is 44.3 Å². The van der Waals surface area contributed by atoms with Crippen molar-refractivity contribution >= 4 is 62.5 Å². The molecule has 4 heterocycles. The van der Waals surface area contributed by atoms with Crippen LogP contribution in [-0.2, 0) is 0 Å². The van der Waals surface area contributed by atoms with Crippen LogP contribution < -0.4 is 15.8 Å². The highest BCUT2D eigenvalue weighted by Gasteiger charge is 2.20. The summed E-state index contributed by atoms with van der Waals surface area (Å²) in [6.45, 7) is 4.09. The number of nitrogens with one attached hydrogen (secondary N) is 2. The number of H-pyrrole nitrogens is 1. The number of rotatable bonds is 5. The minimum atomic E-state index is -0.344. The number of hydrogen-bond donors (Lipinski definition) is 2. The molecular formula is C31H26Cl2N8O. The molecule has 0 amide bonds. The van der Waals surface area contributed by atoms with E-state index in [1.165, 1.54) is 16.5 Å². The molecule has 42 heavy (non-hydrogen) atoms. The summed E-state index contributed by atoms with van der Waals surface area (Å²) in [5.74, 6) is 0.916. The van der Waals surface area contributed by atoms with Crippen molar-refractivity contribution in [1.29, 1.82) is 0 Å². The number of aromatic amines is 1. The third kappa shape index (κ3) is 4.85. The van der Waals surface area contributed by atoms with Gasteiger partial charge in [-0.05, 0) is 55.6 Å². The van der Waals surface area contributed by atoms with Crippen LogP contribution in [-0.4, -0.2) is 62.6 Å². The van der Waals surface area contributed by atoms with Crippen LogP contribution in [0.1, 0.15) is 0 Å². The molecule has 0 aliphatic carbocycles. The molecule has 0 radical (unpaired) electrons. The van der Waals surface area contributed by atoms with Crippen molar-refractivity contribution in [2.24, 2.45) is 0 Å². The maximum atomic E-state index is 13.8. The second-order valence-electron chi connectivity index (χ2n) is 10.3. The highest BCUT2D eigenvalue weighted by Crippen LogP contribution is 2.32. The Morgan fingerprint density at radius 2 is 1.62 bits per heavy atom. The maximum absolute atomic E-state index is 13.8. The number of halogens is 2. The van der Waals surface area contributed by atoms with E-state index in [0.717, 1.165) is 42.9 Å². The molecule has 2 N–H and O–H groups in total. The normalized spacial score (nSPS) is 14.1. The van der Waals surface area contributed by atoms with Crippen molar-refractivity contribution in [1.82, 2.24) is 29.4 Å². The van der Waals surface area contributed by atoms with Gasteiger partial charge in [0.15, 0.2) is 0 Å². The zero-order valence-electron chi connectivity index (χ0n) is 22.7. The molecule has 0 saturated carbocycles. The first-order chi connectivity index (χ1) is 20.4. The van der Waals surface area contributed by atoms with Gasteiger partial charge in [-0.3, -0.25) is 9.36 Å². The lowest BCUT2D eigenvalue weighted by Gasteiger charge is -2.34. The molecule has 1 saturated heterocycles. The van der Waals surface area contributed by atoms with Crippen molar-refractivity contribution < 1.29 is 0 Å². The Bertz CT molecular complexity index is 1940. The lowest BCUT2D eigenvalue weighted by Crippen LogP contribution is -2.44. The molecule has 1 fully saturated rings. The minimum Gasteiger partial charge on any atom is -0.369 e. The minimum absolute atomic E-state index is 0.305. The largest absolute Gasteiger partial charge is 0.369 e. The van der Waals surface area contributed by atoms with Gasteiger partial charge in [-0.1, -0.05) is 41.4 Å². The molecule has 0 spiro atoms. The summed E-state index contributed by atoms with van der Waals surface area (Å²) < 4.78 is 1.43. The molecule has 210 valence electrons. The second kappa shape index (κ2) is 10.8. The quantitative estimate of drug-likeness (QED) is 0.247. The summed E-state index contributed by atoms with van der Waals surface area (Å²) in [4.78, 5) is 35.9. The summed E-state index contributed by atoms with van der Waals surface area (Å²) in [5, 5.41) is 4.29. The summed E-state index contributed by atoms with van der Waals surface area (Å²) in [5.41, 5.74) is 4.77. The zero-order chi connectivity index (χ0) is 28.8. The van der Waals surface area contributed by atoms with E-state index in [1.54, 1.807) is 24.4 Å². The van der Waals surface area contributed by atoms with E-state index in [1.807, 2.05) is 36.4 Å². The lowest BCUT2D eigenvalue weighted by molar-refractivity contribution is 0.313. The number of imidazole rings is 1. The van der Waals surface area contributed by atoms with Gasteiger partial charge in [0, 0.05) is 49.9 Å². The summed E-state index contributed by atoms with van der Waals surface area (Å²) >= 11 is 13.0. The van der Waals surface area contributed by atoms with E-state index >= 15 is 0 Å². The lowest BCUT2D eigenvalue weighted by atomic mass is 10.1. The fourth-order valence-corrected chi connectivity index (χ4v) is 5.85. The van der Waals surface area contributed by atoms with Crippen LogP contribution in [0.4, 0.5) is 17.3 Å². The van der Waals surface area contributed by atoms with Crippen LogP contribution in [0, 0.1) is 0 Å². The van der Waals surface area contributed by atoms with Gasteiger partial charge in [-0.15, -0.1) is 0 Å². The van der Waals surface area contributed by atoms with E-state index < -0.39 is 0 Å². The molecule has 0 bridgehead atoms. The Kier molecular flexibility index (Phi) is 6.78. The summed E-state index contributed by atoms with van der Waals surface area (Å²) in [7, 11) is 2.15. The van der Waals surface area contributed by atoms with E-state index in [0.29, 0.717) is 44.0 Å². The number of anilines is 3. The molecule has 6 aromatic rings. The molecule has 3 aromatic heterocycles. The molecule has 9 nitrogen and oxygen atoms in total. The number of benzene rings is 3. The first kappa shape index (κ1) is 26.5. The smallest absolute Gasteiger partial charge is 0.266 e. The SMILES string of the molecule is CN1CCN(c2ccc(Nc3ncc4c(=O)n(-c5c(Cl)cccc5Cl)cc(-c5nc6ccccc6[nH]5)c4n3)cc2)CC1. The highest BCUT2D eigenvalue weighted by molar-refractivity contribution is 6.37. The predicted molar refractivity (Wildman–Crippen MR) is 170 cm³/mol. The number of likely N-dealkylation sites (N-methyl/N-ethyl adjacent to an activating group) is 1. The van der Waals surface area contributed by atoms with E-state index in [-0.39, 0.29) is 5.56 Å². The van der Waals surface area contributed by atoms with Crippen LogP contribution in [0.15, 0.2) is 83.9 Å². The Hall–Kier alpha value is -4.44. The third-order valence-corrected chi connectivity index (χ3v) is 8.18. The maximum Gasteiger partial charge on any atom is 0.266 e. The fourth-order valence-electron chi connectivity index (χ4n) is 5.27. The fraction of sp³-hybridized carbons (Fsp3) is 0.161. The van der Waals surface area contributed by atoms with Crippen LogP contribution in [0.5, 0.6) is 0 Å². The average Bonchev–Trinajstić information content (AvgIpc) is 3.43. The van der Waals surface area contributed by atoms with Crippen molar-refractivity contribution in [2.75, 3.05) is 43.4 Å². The van der Waals surface area contributed by atoms with Crippen molar-refractivity contribution in [3.05, 3.63) is 99.5 Å². The molecule has 1 aliphatic heterocycles. The molecule has 1 aliphatic rings. The zero-order valence-corrected chi connectivity index (χ0v) is 24.2. The van der Waals surface area contributed by atoms with Gasteiger partial charge in [-0.2, -0.15) is 0 Å². The topological polar surface area (TPSA) is 95.0 Å². The van der Waals surface area contributed by atoms with Crippen molar-refractivity contribution in [3.63, 3.8) is 0 Å². The number of piperazine rings is 1. The molecule has 11 heteroatoms. The van der Waals surface area contributed by atoms with Gasteiger partial charge in [0.05, 0.1) is 43.2 Å². The molecule has 0 atom stereocenters. The number of hydrogen-bond acceptors (Lipinski definition) is 7. The number of nitrogens with zero attached hydrogens (tertiary/aromatic N) is 6. The van der Waals surface area contributed by atoms with Gasteiger partial charge in [0.25, 0.3) is 5.56 Å². The van der Waals surface area contributed by atoms with E-state index in [4.69, 9.17) is 33.2 Å². The Morgan fingerprint density at radius 3 is 2.36 bits per heavy atom. The number of pyridine rings is 1. The van der Waals surface area contributed by atoms with Gasteiger partial charge in [-0.25, -0.2) is 15.0 Å². The highest BCUT2D eigenvalue weighted by atomic mass is 35.5. The van der Waals surface area contributed by atoms with Gasteiger partial charge in [0.1, 0.15) is 5.82 Å². The standard InChI is InChI=1S/C31H26Cl2N8O/c1-39-13-15-40(16-14-39)20-11-9-19(10-12-20)35-31-34-17-21-27(38-31)22(29-36-25-7-2-3-8-26(25)37-29)18-41(30(21)42)28-23(32)5-4-6-24(28)33/h2-12,17-18H,13-16H2,1H3,(H,36,37)(H,34,35,38). The van der Waals surface area contributed by atoms with Crippen LogP contribution in [0.25, 0.3) is 39.0 Å². The van der Waals surface area contributed by atoms with Crippen LogP contribution >= 0.6 is 23.2 Å². The molecule has 3 aromatic carbocycles. The summed E-state index contributed by atoms with van der Waals surface area (Å²) in [6.07, 6.45) is 3.20. The average molecular weight is 598 g/mol. The van der Waals surface area contributed by atoms with Crippen molar-refractivity contribution in [3.8, 4) is 17.1 Å². The van der Waals surface area contributed by atoms with E-state index in [9.17, 15) is 4.79 Å². The van der Waals surface area contributed by atoms with Crippen molar-refractivity contribution in [2.45, 2.75) is 0 Å². The second-order valence-corrected chi connectivity index (χ2v) is 11.1. The van der Waals surface area contributed by atoms with Crippen LogP contribution in [0.2, 0.25) is 10.0 Å². The summed E-state index contributed by atoms with van der Waals surface area (Å²) in [6, 6.07) is 21.1. The number of para-hydroxylation sites is 3. The number of fused-ring (bicyclic) bond motifs is 2. The van der Waals surface area contributed by atoms with Gasteiger partial charge < -0.3 is 20.1 Å². The van der Waals surface area contributed by atoms with Gasteiger partial charge >= 0.3 is 0 Å². The Labute approximate surface area is 251 Å². The predicted octanol–water partition coefficient (Wildman–Crippen LogP) is 6.13. The third-order valence-electron chi connectivity index (χ3n) is 7.57. The Morgan fingerprint density at radius 1 is 0.881 bits per heavy atom. The molecular weight excluding hydrogens is 571 g/mol. The number of aromatic nitrogens is 5. The molecule has 0 unspecified atom stereocenters. The first-order valence-electron chi connectivity index (χ1n) is 13.6. The Balaban J connectivity index is 1.32. The van der Waals surface area contributed by atoms with Crippen LogP contribution in [0.3, 0.4) is 0 Å². The monoisotopic (exact) mass is 596 g/mol.